The quantitative estimate of drug-likeness (QED) is 0.523. The molecule has 0 bridgehead atoms. The van der Waals surface area contributed by atoms with E-state index in [1.807, 2.05) is 43.5 Å². The molecule has 6 heteroatoms. The number of methoxy groups -OCH3 is 1. The van der Waals surface area contributed by atoms with E-state index in [-0.39, 0.29) is 0 Å². The summed E-state index contributed by atoms with van der Waals surface area (Å²) < 4.78 is 5.58. The molecule has 4 aromatic rings. The molecule has 2 aromatic heterocycles. The normalized spacial score (nSPS) is 13.8. The molecule has 6 nitrogen and oxygen atoms in total. The number of anilines is 2. The fourth-order valence-electron chi connectivity index (χ4n) is 4.16. The van der Waals surface area contributed by atoms with Crippen molar-refractivity contribution in [3.63, 3.8) is 0 Å². The number of rotatable bonds is 4. The summed E-state index contributed by atoms with van der Waals surface area (Å²) in [6, 6.07) is 16.3. The molecule has 1 aliphatic heterocycles. The van der Waals surface area contributed by atoms with Crippen LogP contribution in [0.4, 0.5) is 11.6 Å². The van der Waals surface area contributed by atoms with Gasteiger partial charge >= 0.3 is 0 Å². The van der Waals surface area contributed by atoms with Crippen LogP contribution in [0.1, 0.15) is 17.0 Å². The first-order valence-electron chi connectivity index (χ1n) is 10.5. The van der Waals surface area contributed by atoms with E-state index >= 15 is 0 Å². The van der Waals surface area contributed by atoms with Crippen molar-refractivity contribution in [3.05, 3.63) is 71.7 Å². The highest BCUT2D eigenvalue weighted by molar-refractivity contribution is 5.95. The number of likely N-dealkylation sites (N-methyl/N-ethyl adjacent to an activating group) is 1. The summed E-state index contributed by atoms with van der Waals surface area (Å²) in [5, 5.41) is 4.38. The number of pyridine rings is 1. The second kappa shape index (κ2) is 7.96. The van der Waals surface area contributed by atoms with Gasteiger partial charge in [-0.25, -0.2) is 9.97 Å². The Bertz CT molecular complexity index is 1270. The Balaban J connectivity index is 1.56. The lowest BCUT2D eigenvalue weighted by molar-refractivity contribution is 0.310. The van der Waals surface area contributed by atoms with Gasteiger partial charge in [0, 0.05) is 47.9 Å². The minimum atomic E-state index is 0.559. The molecule has 0 saturated carbocycles. The SMILES string of the molecule is COc1ccccc1-c1cccc2cnc(Nc3cc4c(nc3C)CCN(C)C4)nc12. The van der Waals surface area contributed by atoms with E-state index in [9.17, 15) is 0 Å². The highest BCUT2D eigenvalue weighted by atomic mass is 16.5. The van der Waals surface area contributed by atoms with Crippen LogP contribution in [0.3, 0.4) is 0 Å². The Morgan fingerprint density at radius 1 is 1.03 bits per heavy atom. The zero-order chi connectivity index (χ0) is 21.4. The molecule has 2 aromatic carbocycles. The number of ether oxygens (including phenoxy) is 1. The number of para-hydroxylation sites is 2. The number of nitrogens with zero attached hydrogens (tertiary/aromatic N) is 4. The predicted molar refractivity (Wildman–Crippen MR) is 124 cm³/mol. The van der Waals surface area contributed by atoms with Crippen molar-refractivity contribution in [1.29, 1.82) is 0 Å². The van der Waals surface area contributed by atoms with E-state index in [4.69, 9.17) is 14.7 Å². The van der Waals surface area contributed by atoms with Gasteiger partial charge in [0.25, 0.3) is 0 Å². The average molecular weight is 412 g/mol. The van der Waals surface area contributed by atoms with Gasteiger partial charge in [0.15, 0.2) is 0 Å². The fourth-order valence-corrected chi connectivity index (χ4v) is 4.16. The zero-order valence-corrected chi connectivity index (χ0v) is 18.0. The minimum absolute atomic E-state index is 0.559. The molecule has 0 spiro atoms. The lowest BCUT2D eigenvalue weighted by Gasteiger charge is -2.25. The summed E-state index contributed by atoms with van der Waals surface area (Å²) >= 11 is 0. The van der Waals surface area contributed by atoms with Gasteiger partial charge in [-0.1, -0.05) is 36.4 Å². The van der Waals surface area contributed by atoms with Crippen LogP contribution in [0.2, 0.25) is 0 Å². The summed E-state index contributed by atoms with van der Waals surface area (Å²) in [7, 11) is 3.83. The van der Waals surface area contributed by atoms with Crippen molar-refractivity contribution in [1.82, 2.24) is 19.9 Å². The third-order valence-electron chi connectivity index (χ3n) is 5.81. The van der Waals surface area contributed by atoms with E-state index < -0.39 is 0 Å². The van der Waals surface area contributed by atoms with Gasteiger partial charge in [-0.3, -0.25) is 4.98 Å². The van der Waals surface area contributed by atoms with Gasteiger partial charge in [0.1, 0.15) is 5.75 Å². The Morgan fingerprint density at radius 3 is 2.74 bits per heavy atom. The van der Waals surface area contributed by atoms with E-state index in [0.29, 0.717) is 5.95 Å². The Morgan fingerprint density at radius 2 is 1.87 bits per heavy atom. The molecule has 1 N–H and O–H groups in total. The number of hydrogen-bond donors (Lipinski definition) is 1. The van der Waals surface area contributed by atoms with E-state index in [1.54, 1.807) is 7.11 Å². The number of hydrogen-bond acceptors (Lipinski definition) is 6. The monoisotopic (exact) mass is 411 g/mol. The number of aromatic nitrogens is 3. The predicted octanol–water partition coefficient (Wildman–Crippen LogP) is 4.74. The van der Waals surface area contributed by atoms with Crippen molar-refractivity contribution in [3.8, 4) is 16.9 Å². The minimum Gasteiger partial charge on any atom is -0.496 e. The second-order valence-corrected chi connectivity index (χ2v) is 7.98. The Kier molecular flexibility index (Phi) is 5.00. The number of aryl methyl sites for hydroxylation is 1. The molecule has 1 aliphatic rings. The molecule has 5 rings (SSSR count). The van der Waals surface area contributed by atoms with Gasteiger partial charge < -0.3 is 15.0 Å². The number of nitrogens with one attached hydrogen (secondary N) is 1. The molecular weight excluding hydrogens is 386 g/mol. The largest absolute Gasteiger partial charge is 0.496 e. The molecule has 0 amide bonds. The van der Waals surface area contributed by atoms with Gasteiger partial charge in [-0.2, -0.15) is 0 Å². The van der Waals surface area contributed by atoms with Crippen molar-refractivity contribution >= 4 is 22.5 Å². The summed E-state index contributed by atoms with van der Waals surface area (Å²) in [6.07, 6.45) is 2.85. The maximum atomic E-state index is 5.58. The zero-order valence-electron chi connectivity index (χ0n) is 18.0. The van der Waals surface area contributed by atoms with Crippen LogP contribution in [0, 0.1) is 6.92 Å². The van der Waals surface area contributed by atoms with E-state index in [2.05, 4.69) is 40.4 Å². The highest BCUT2D eigenvalue weighted by Crippen LogP contribution is 2.34. The van der Waals surface area contributed by atoms with Crippen molar-refractivity contribution < 1.29 is 4.74 Å². The van der Waals surface area contributed by atoms with Crippen LogP contribution >= 0.6 is 0 Å². The van der Waals surface area contributed by atoms with E-state index in [1.165, 1.54) is 11.3 Å². The molecule has 31 heavy (non-hydrogen) atoms. The smallest absolute Gasteiger partial charge is 0.227 e. The molecule has 3 heterocycles. The van der Waals surface area contributed by atoms with Crippen molar-refractivity contribution in [2.45, 2.75) is 19.9 Å². The molecule has 0 fully saturated rings. The molecular formula is C25H25N5O. The molecule has 0 unspecified atom stereocenters. The molecule has 0 aliphatic carbocycles. The Hall–Kier alpha value is -3.51. The maximum Gasteiger partial charge on any atom is 0.227 e. The van der Waals surface area contributed by atoms with Gasteiger partial charge in [0.2, 0.25) is 5.95 Å². The van der Waals surface area contributed by atoms with Crippen molar-refractivity contribution in [2.24, 2.45) is 0 Å². The molecule has 156 valence electrons. The summed E-state index contributed by atoms with van der Waals surface area (Å²) in [4.78, 5) is 16.6. The first-order chi connectivity index (χ1) is 15.1. The number of fused-ring (bicyclic) bond motifs is 2. The molecule has 0 saturated heterocycles. The number of benzene rings is 2. The standard InChI is InChI=1S/C25H25N5O/c1-16-22(13-18-15-30(2)12-11-21(18)27-16)28-25-26-14-17-7-6-9-20(24(17)29-25)19-8-4-5-10-23(19)31-3/h4-10,13-14H,11-12,15H2,1-3H3,(H,26,28,29). The first kappa shape index (κ1) is 19.5. The molecule has 0 atom stereocenters. The van der Waals surface area contributed by atoms with Crippen LogP contribution in [0.25, 0.3) is 22.0 Å². The lowest BCUT2D eigenvalue weighted by Crippen LogP contribution is -2.27. The van der Waals surface area contributed by atoms with Crippen LogP contribution in [-0.2, 0) is 13.0 Å². The fraction of sp³-hybridized carbons (Fsp3) is 0.240. The van der Waals surface area contributed by atoms with Gasteiger partial charge in [-0.15, -0.1) is 0 Å². The van der Waals surface area contributed by atoms with Crippen molar-refractivity contribution in [2.75, 3.05) is 26.0 Å². The lowest BCUT2D eigenvalue weighted by atomic mass is 10.0. The molecule has 0 radical (unpaired) electrons. The van der Waals surface area contributed by atoms with Crippen LogP contribution < -0.4 is 10.1 Å². The van der Waals surface area contributed by atoms with Crippen LogP contribution in [-0.4, -0.2) is 40.6 Å². The highest BCUT2D eigenvalue weighted by Gasteiger charge is 2.17. The second-order valence-electron chi connectivity index (χ2n) is 7.98. The Labute approximate surface area is 181 Å². The van der Waals surface area contributed by atoms with Gasteiger partial charge in [0.05, 0.1) is 24.0 Å². The summed E-state index contributed by atoms with van der Waals surface area (Å²) in [5.41, 5.74) is 7.27. The third-order valence-corrected chi connectivity index (χ3v) is 5.81. The van der Waals surface area contributed by atoms with E-state index in [0.717, 1.165) is 58.7 Å². The van der Waals surface area contributed by atoms with Crippen LogP contribution in [0.15, 0.2) is 54.7 Å². The third kappa shape index (κ3) is 3.70. The first-order valence-corrected chi connectivity index (χ1v) is 10.5. The summed E-state index contributed by atoms with van der Waals surface area (Å²) in [6.45, 7) is 3.99. The van der Waals surface area contributed by atoms with Gasteiger partial charge in [-0.05, 0) is 31.7 Å². The topological polar surface area (TPSA) is 63.2 Å². The maximum absolute atomic E-state index is 5.58. The average Bonchev–Trinajstić information content (AvgIpc) is 2.79. The summed E-state index contributed by atoms with van der Waals surface area (Å²) in [5.74, 6) is 1.38. The van der Waals surface area contributed by atoms with Crippen LogP contribution in [0.5, 0.6) is 5.75 Å².